The van der Waals surface area contributed by atoms with Crippen molar-refractivity contribution in [1.82, 2.24) is 9.80 Å². The van der Waals surface area contributed by atoms with Gasteiger partial charge in [-0.3, -0.25) is 9.80 Å². The third kappa shape index (κ3) is 2.49. The first-order valence-electron chi connectivity index (χ1n) is 5.60. The van der Waals surface area contributed by atoms with Crippen LogP contribution in [0.2, 0.25) is 0 Å². The van der Waals surface area contributed by atoms with Crippen molar-refractivity contribution in [3.63, 3.8) is 0 Å². The van der Waals surface area contributed by atoms with Gasteiger partial charge in [0.15, 0.2) is 0 Å². The molecule has 5 nitrogen and oxygen atoms in total. The van der Waals surface area contributed by atoms with Gasteiger partial charge in [-0.1, -0.05) is 0 Å². The highest BCUT2D eigenvalue weighted by molar-refractivity contribution is 4.87. The molecule has 15 heavy (non-hydrogen) atoms. The molecule has 2 aliphatic heterocycles. The molecule has 2 rings (SSSR count). The number of methoxy groups -OCH3 is 1. The molecule has 88 valence electrons. The smallest absolute Gasteiger partial charge is 0.0645 e. The molecule has 2 N–H and O–H groups in total. The Morgan fingerprint density at radius 1 is 1.40 bits per heavy atom. The lowest BCUT2D eigenvalue weighted by Crippen LogP contribution is -2.61. The van der Waals surface area contributed by atoms with Gasteiger partial charge in [-0.25, -0.2) is 0 Å². The first kappa shape index (κ1) is 11.3. The zero-order valence-corrected chi connectivity index (χ0v) is 9.39. The van der Waals surface area contributed by atoms with E-state index in [1.807, 2.05) is 0 Å². The molecule has 0 aliphatic carbocycles. The predicted molar refractivity (Wildman–Crippen MR) is 57.6 cm³/mol. The topological polar surface area (TPSA) is 51.0 Å². The van der Waals surface area contributed by atoms with E-state index in [0.717, 1.165) is 39.5 Å². The van der Waals surface area contributed by atoms with Crippen LogP contribution in [-0.2, 0) is 9.47 Å². The van der Waals surface area contributed by atoms with Crippen LogP contribution in [0.3, 0.4) is 0 Å². The summed E-state index contributed by atoms with van der Waals surface area (Å²) in [4.78, 5) is 4.79. The number of nitrogens with two attached hydrogens (primary N) is 1. The maximum Gasteiger partial charge on any atom is 0.0645 e. The highest BCUT2D eigenvalue weighted by Gasteiger charge is 2.33. The van der Waals surface area contributed by atoms with Crippen LogP contribution in [0.4, 0.5) is 0 Å². The number of nitrogens with zero attached hydrogens (tertiary/aromatic N) is 2. The number of ether oxygens (including phenoxy) is 2. The minimum Gasteiger partial charge on any atom is -0.383 e. The van der Waals surface area contributed by atoms with Crippen LogP contribution >= 0.6 is 0 Å². The van der Waals surface area contributed by atoms with Gasteiger partial charge in [-0.05, 0) is 0 Å². The zero-order valence-electron chi connectivity index (χ0n) is 9.39. The Morgan fingerprint density at radius 3 is 2.73 bits per heavy atom. The fourth-order valence-electron chi connectivity index (χ4n) is 2.27. The van der Waals surface area contributed by atoms with Crippen LogP contribution in [0.25, 0.3) is 0 Å². The van der Waals surface area contributed by atoms with Gasteiger partial charge >= 0.3 is 0 Å². The molecule has 5 heteroatoms. The Hall–Kier alpha value is -0.200. The van der Waals surface area contributed by atoms with Crippen molar-refractivity contribution in [2.75, 3.05) is 53.2 Å². The molecule has 1 atom stereocenters. The number of hydrogen-bond donors (Lipinski definition) is 1. The van der Waals surface area contributed by atoms with E-state index in [1.165, 1.54) is 0 Å². The molecule has 0 amide bonds. The third-order valence-electron chi connectivity index (χ3n) is 3.37. The quantitative estimate of drug-likeness (QED) is 0.647. The van der Waals surface area contributed by atoms with Gasteiger partial charge in [0.1, 0.15) is 0 Å². The Labute approximate surface area is 91.1 Å². The summed E-state index contributed by atoms with van der Waals surface area (Å²) >= 11 is 0. The zero-order chi connectivity index (χ0) is 10.7. The molecule has 1 unspecified atom stereocenters. The molecule has 0 bridgehead atoms. The second kappa shape index (κ2) is 5.23. The monoisotopic (exact) mass is 215 g/mol. The van der Waals surface area contributed by atoms with E-state index >= 15 is 0 Å². The second-order valence-electron chi connectivity index (χ2n) is 4.29. The van der Waals surface area contributed by atoms with Gasteiger partial charge in [0.25, 0.3) is 0 Å². The number of rotatable bonds is 4. The van der Waals surface area contributed by atoms with Crippen LogP contribution in [0, 0.1) is 0 Å². The van der Waals surface area contributed by atoms with E-state index in [0.29, 0.717) is 18.8 Å². The van der Waals surface area contributed by atoms with E-state index in [4.69, 9.17) is 15.2 Å². The lowest BCUT2D eigenvalue weighted by molar-refractivity contribution is -0.0915. The van der Waals surface area contributed by atoms with E-state index < -0.39 is 0 Å². The van der Waals surface area contributed by atoms with E-state index in [9.17, 15) is 0 Å². The normalized spacial score (nSPS) is 30.4. The van der Waals surface area contributed by atoms with Crippen molar-refractivity contribution in [1.29, 1.82) is 0 Å². The molecule has 0 spiro atoms. The minimum atomic E-state index is 0.439. The van der Waals surface area contributed by atoms with Crippen LogP contribution in [0.1, 0.15) is 0 Å². The van der Waals surface area contributed by atoms with Crippen molar-refractivity contribution in [3.05, 3.63) is 0 Å². The molecule has 0 aromatic carbocycles. The molecule has 2 aliphatic rings. The van der Waals surface area contributed by atoms with Gasteiger partial charge in [0.05, 0.1) is 25.9 Å². The standard InChI is InChI=1S/C10H21N3O2/c1-14-5-9-4-12(10-6-15-7-10)2-3-13(9)8-11/h9-10H,2-8,11H2,1H3. The molecular formula is C10H21N3O2. The van der Waals surface area contributed by atoms with E-state index in [1.54, 1.807) is 7.11 Å². The fraction of sp³-hybridized carbons (Fsp3) is 1.00. The summed E-state index contributed by atoms with van der Waals surface area (Å²) in [6, 6.07) is 1.07. The molecule has 0 aromatic heterocycles. The van der Waals surface area contributed by atoms with Crippen molar-refractivity contribution in [2.24, 2.45) is 5.73 Å². The summed E-state index contributed by atoms with van der Waals surface area (Å²) in [5, 5.41) is 0. The average molecular weight is 215 g/mol. The predicted octanol–water partition coefficient (Wildman–Crippen LogP) is -1.07. The summed E-state index contributed by atoms with van der Waals surface area (Å²) in [5.74, 6) is 0. The van der Waals surface area contributed by atoms with Gasteiger partial charge in [0.2, 0.25) is 0 Å². The maximum atomic E-state index is 5.72. The molecule has 2 heterocycles. The molecular weight excluding hydrogens is 194 g/mol. The number of piperazine rings is 1. The van der Waals surface area contributed by atoms with Crippen molar-refractivity contribution in [3.8, 4) is 0 Å². The van der Waals surface area contributed by atoms with Crippen LogP contribution < -0.4 is 5.73 Å². The van der Waals surface area contributed by atoms with E-state index in [-0.39, 0.29) is 0 Å². The van der Waals surface area contributed by atoms with E-state index in [2.05, 4.69) is 9.80 Å². The average Bonchev–Trinajstić information content (AvgIpc) is 2.16. The van der Waals surface area contributed by atoms with Crippen molar-refractivity contribution in [2.45, 2.75) is 12.1 Å². The van der Waals surface area contributed by atoms with Crippen LogP contribution in [0.15, 0.2) is 0 Å². The van der Waals surface area contributed by atoms with Gasteiger partial charge < -0.3 is 15.2 Å². The summed E-state index contributed by atoms with van der Waals surface area (Å²) in [6.45, 7) is 6.38. The summed E-state index contributed by atoms with van der Waals surface area (Å²) < 4.78 is 10.5. The van der Waals surface area contributed by atoms with Crippen LogP contribution in [0.5, 0.6) is 0 Å². The fourth-order valence-corrected chi connectivity index (χ4v) is 2.27. The highest BCUT2D eigenvalue weighted by Crippen LogP contribution is 2.16. The van der Waals surface area contributed by atoms with Crippen LogP contribution in [-0.4, -0.2) is 75.1 Å². The van der Waals surface area contributed by atoms with Gasteiger partial charge in [0, 0.05) is 39.5 Å². The summed E-state index contributed by atoms with van der Waals surface area (Å²) in [7, 11) is 1.75. The maximum absolute atomic E-state index is 5.72. The summed E-state index contributed by atoms with van der Waals surface area (Å²) in [5.41, 5.74) is 5.72. The Balaban J connectivity index is 1.86. The lowest BCUT2D eigenvalue weighted by Gasteiger charge is -2.46. The van der Waals surface area contributed by atoms with Gasteiger partial charge in [-0.15, -0.1) is 0 Å². The lowest BCUT2D eigenvalue weighted by atomic mass is 10.1. The van der Waals surface area contributed by atoms with Crippen molar-refractivity contribution < 1.29 is 9.47 Å². The Morgan fingerprint density at radius 2 is 2.20 bits per heavy atom. The number of hydrogen-bond acceptors (Lipinski definition) is 5. The van der Waals surface area contributed by atoms with Gasteiger partial charge in [-0.2, -0.15) is 0 Å². The first-order chi connectivity index (χ1) is 7.35. The molecule has 0 saturated carbocycles. The SMILES string of the molecule is COCC1CN(C2COC2)CCN1CN. The third-order valence-corrected chi connectivity index (χ3v) is 3.37. The minimum absolute atomic E-state index is 0.439. The molecule has 0 aromatic rings. The first-order valence-corrected chi connectivity index (χ1v) is 5.60. The molecule has 0 radical (unpaired) electrons. The Kier molecular flexibility index (Phi) is 3.93. The molecule has 2 saturated heterocycles. The largest absolute Gasteiger partial charge is 0.383 e. The summed E-state index contributed by atoms with van der Waals surface area (Å²) in [6.07, 6.45) is 0. The molecule has 2 fully saturated rings. The second-order valence-corrected chi connectivity index (χ2v) is 4.29. The highest BCUT2D eigenvalue weighted by atomic mass is 16.5. The Bertz CT molecular complexity index is 199. The van der Waals surface area contributed by atoms with Crippen molar-refractivity contribution >= 4 is 0 Å².